The van der Waals surface area contributed by atoms with Crippen molar-refractivity contribution in [3.8, 4) is 16.3 Å². The van der Waals surface area contributed by atoms with E-state index in [2.05, 4.69) is 5.32 Å². The Labute approximate surface area is 215 Å². The van der Waals surface area contributed by atoms with Crippen LogP contribution in [0.3, 0.4) is 0 Å². The fraction of sp³-hybridized carbons (Fsp3) is 0.276. The zero-order valence-corrected chi connectivity index (χ0v) is 21.3. The second kappa shape index (κ2) is 11.4. The van der Waals surface area contributed by atoms with Crippen molar-refractivity contribution >= 4 is 34.0 Å². The SMILES string of the molecule is CCCCC(CC)(NC(=O)c1ccc2ccccc2c1OCc1csc(-c2ccccc2)n1)C(=O)O. The number of unbranched alkanes of at least 4 members (excludes halogenated alkanes) is 1. The molecule has 0 saturated carbocycles. The highest BCUT2D eigenvalue weighted by Crippen LogP contribution is 2.32. The lowest BCUT2D eigenvalue weighted by molar-refractivity contribution is -0.145. The number of carbonyl (C=O) groups is 2. The number of ether oxygens (including phenoxy) is 1. The normalized spacial score (nSPS) is 12.7. The first-order valence-corrected chi connectivity index (χ1v) is 13.1. The van der Waals surface area contributed by atoms with Crippen LogP contribution < -0.4 is 10.1 Å². The van der Waals surface area contributed by atoms with E-state index in [-0.39, 0.29) is 6.61 Å². The third-order valence-electron chi connectivity index (χ3n) is 6.38. The molecule has 1 heterocycles. The molecular weight excluding hydrogens is 472 g/mol. The van der Waals surface area contributed by atoms with Gasteiger partial charge in [0.05, 0.1) is 11.3 Å². The molecule has 0 spiro atoms. The number of carboxylic acids is 1. The molecule has 1 unspecified atom stereocenters. The Morgan fingerprint density at radius 2 is 1.78 bits per heavy atom. The number of carboxylic acid groups (broad SMARTS) is 1. The first-order valence-electron chi connectivity index (χ1n) is 12.2. The summed E-state index contributed by atoms with van der Waals surface area (Å²) in [5, 5.41) is 17.4. The van der Waals surface area contributed by atoms with Crippen LogP contribution in [-0.4, -0.2) is 27.5 Å². The van der Waals surface area contributed by atoms with Crippen LogP contribution in [0, 0.1) is 0 Å². The predicted molar refractivity (Wildman–Crippen MR) is 143 cm³/mol. The standard InChI is InChI=1S/C29H30N2O4S/c1-3-5-17-29(4-2,28(33)34)31-26(32)24-16-15-20-11-9-10-14-23(20)25(24)35-18-22-19-36-27(30-22)21-12-7-6-8-13-21/h6-16,19H,3-5,17-18H2,1-2H3,(H,31,32)(H,33,34). The summed E-state index contributed by atoms with van der Waals surface area (Å²) >= 11 is 1.54. The fourth-order valence-corrected chi connectivity index (χ4v) is 5.02. The molecule has 3 aromatic carbocycles. The fourth-order valence-electron chi connectivity index (χ4n) is 4.21. The van der Waals surface area contributed by atoms with Gasteiger partial charge < -0.3 is 15.2 Å². The zero-order valence-electron chi connectivity index (χ0n) is 20.5. The van der Waals surface area contributed by atoms with Gasteiger partial charge in [0, 0.05) is 16.3 Å². The van der Waals surface area contributed by atoms with Crippen LogP contribution in [-0.2, 0) is 11.4 Å². The summed E-state index contributed by atoms with van der Waals surface area (Å²) in [6.07, 6.45) is 2.20. The molecule has 0 fully saturated rings. The molecule has 0 aliphatic carbocycles. The topological polar surface area (TPSA) is 88.5 Å². The molecule has 1 aromatic heterocycles. The van der Waals surface area contributed by atoms with Crippen molar-refractivity contribution in [2.75, 3.05) is 0 Å². The molecule has 186 valence electrons. The number of nitrogens with one attached hydrogen (secondary N) is 1. The lowest BCUT2D eigenvalue weighted by Crippen LogP contribution is -2.54. The van der Waals surface area contributed by atoms with Crippen LogP contribution in [0.5, 0.6) is 5.75 Å². The monoisotopic (exact) mass is 502 g/mol. The Morgan fingerprint density at radius 1 is 1.03 bits per heavy atom. The van der Waals surface area contributed by atoms with Gasteiger partial charge in [0.15, 0.2) is 0 Å². The summed E-state index contributed by atoms with van der Waals surface area (Å²) in [5.41, 5.74) is 0.781. The van der Waals surface area contributed by atoms with E-state index in [1.807, 2.05) is 73.0 Å². The van der Waals surface area contributed by atoms with E-state index in [0.717, 1.165) is 33.5 Å². The highest BCUT2D eigenvalue weighted by atomic mass is 32.1. The first-order chi connectivity index (χ1) is 17.5. The molecule has 1 amide bonds. The van der Waals surface area contributed by atoms with Crippen LogP contribution in [0.1, 0.15) is 55.6 Å². The van der Waals surface area contributed by atoms with Gasteiger partial charge in [-0.05, 0) is 24.3 Å². The summed E-state index contributed by atoms with van der Waals surface area (Å²) in [6, 6.07) is 21.2. The van der Waals surface area contributed by atoms with E-state index in [4.69, 9.17) is 9.72 Å². The first kappa shape index (κ1) is 25.4. The number of carbonyl (C=O) groups excluding carboxylic acids is 1. The lowest BCUT2D eigenvalue weighted by Gasteiger charge is -2.30. The summed E-state index contributed by atoms with van der Waals surface area (Å²) in [5.74, 6) is -1.06. The molecular formula is C29H30N2O4S. The van der Waals surface area contributed by atoms with Gasteiger partial charge in [-0.1, -0.05) is 87.4 Å². The minimum Gasteiger partial charge on any atom is -0.486 e. The molecule has 4 aromatic rings. The van der Waals surface area contributed by atoms with Gasteiger partial charge in [-0.2, -0.15) is 0 Å². The van der Waals surface area contributed by atoms with Gasteiger partial charge in [-0.25, -0.2) is 9.78 Å². The second-order valence-electron chi connectivity index (χ2n) is 8.76. The quantitative estimate of drug-likeness (QED) is 0.238. The van der Waals surface area contributed by atoms with E-state index in [1.165, 1.54) is 11.3 Å². The average molecular weight is 503 g/mol. The van der Waals surface area contributed by atoms with E-state index in [0.29, 0.717) is 30.6 Å². The molecule has 0 radical (unpaired) electrons. The summed E-state index contributed by atoms with van der Waals surface area (Å²) < 4.78 is 6.23. The number of aromatic nitrogens is 1. The molecule has 7 heteroatoms. The summed E-state index contributed by atoms with van der Waals surface area (Å²) in [7, 11) is 0. The highest BCUT2D eigenvalue weighted by Gasteiger charge is 2.38. The summed E-state index contributed by atoms with van der Waals surface area (Å²) in [6.45, 7) is 3.97. The second-order valence-corrected chi connectivity index (χ2v) is 9.62. The zero-order chi connectivity index (χ0) is 25.5. The molecule has 0 aliphatic rings. The Kier molecular flexibility index (Phi) is 8.00. The maximum atomic E-state index is 13.5. The van der Waals surface area contributed by atoms with Crippen molar-refractivity contribution in [3.05, 3.63) is 83.4 Å². The Hall–Kier alpha value is -3.71. The number of amides is 1. The molecule has 1 atom stereocenters. The maximum absolute atomic E-state index is 13.5. The Balaban J connectivity index is 1.64. The van der Waals surface area contributed by atoms with Gasteiger partial charge in [0.25, 0.3) is 5.91 Å². The lowest BCUT2D eigenvalue weighted by atomic mass is 9.89. The van der Waals surface area contributed by atoms with Crippen LogP contribution in [0.2, 0.25) is 0 Å². The molecule has 4 rings (SSSR count). The molecule has 0 bridgehead atoms. The third kappa shape index (κ3) is 5.41. The highest BCUT2D eigenvalue weighted by molar-refractivity contribution is 7.13. The number of hydrogen-bond donors (Lipinski definition) is 2. The van der Waals surface area contributed by atoms with E-state index in [9.17, 15) is 14.7 Å². The molecule has 6 nitrogen and oxygen atoms in total. The van der Waals surface area contributed by atoms with Crippen molar-refractivity contribution in [1.82, 2.24) is 10.3 Å². The number of thiazole rings is 1. The summed E-state index contributed by atoms with van der Waals surface area (Å²) in [4.78, 5) is 30.4. The number of fused-ring (bicyclic) bond motifs is 1. The number of rotatable bonds is 11. The minimum absolute atomic E-state index is 0.186. The van der Waals surface area contributed by atoms with E-state index < -0.39 is 17.4 Å². The number of aliphatic carboxylic acids is 1. The average Bonchev–Trinajstić information content (AvgIpc) is 3.39. The van der Waals surface area contributed by atoms with Crippen molar-refractivity contribution in [1.29, 1.82) is 0 Å². The minimum atomic E-state index is -1.32. The van der Waals surface area contributed by atoms with Gasteiger partial charge in [-0.3, -0.25) is 4.79 Å². The van der Waals surface area contributed by atoms with Gasteiger partial charge in [-0.15, -0.1) is 11.3 Å². The molecule has 2 N–H and O–H groups in total. The van der Waals surface area contributed by atoms with Crippen molar-refractivity contribution in [2.24, 2.45) is 0 Å². The largest absolute Gasteiger partial charge is 0.486 e. The van der Waals surface area contributed by atoms with Crippen molar-refractivity contribution in [3.63, 3.8) is 0 Å². The van der Waals surface area contributed by atoms with Gasteiger partial charge >= 0.3 is 5.97 Å². The number of nitrogens with zero attached hydrogens (tertiary/aromatic N) is 1. The Morgan fingerprint density at radius 3 is 2.50 bits per heavy atom. The van der Waals surface area contributed by atoms with Gasteiger partial charge in [0.1, 0.15) is 22.9 Å². The van der Waals surface area contributed by atoms with E-state index >= 15 is 0 Å². The molecule has 36 heavy (non-hydrogen) atoms. The van der Waals surface area contributed by atoms with Crippen LogP contribution in [0.15, 0.2) is 72.1 Å². The molecule has 0 aliphatic heterocycles. The molecule has 0 saturated heterocycles. The smallest absolute Gasteiger partial charge is 0.329 e. The predicted octanol–water partition coefficient (Wildman–Crippen LogP) is 6.70. The van der Waals surface area contributed by atoms with Crippen LogP contribution in [0.25, 0.3) is 21.3 Å². The maximum Gasteiger partial charge on any atom is 0.329 e. The van der Waals surface area contributed by atoms with Crippen molar-refractivity contribution in [2.45, 2.75) is 51.7 Å². The van der Waals surface area contributed by atoms with E-state index in [1.54, 1.807) is 13.0 Å². The van der Waals surface area contributed by atoms with Crippen LogP contribution >= 0.6 is 11.3 Å². The number of hydrogen-bond acceptors (Lipinski definition) is 5. The third-order valence-corrected chi connectivity index (χ3v) is 7.32. The number of benzene rings is 3. The van der Waals surface area contributed by atoms with Crippen LogP contribution in [0.4, 0.5) is 0 Å². The van der Waals surface area contributed by atoms with Gasteiger partial charge in [0.2, 0.25) is 0 Å². The van der Waals surface area contributed by atoms with Crippen molar-refractivity contribution < 1.29 is 19.4 Å². The Bertz CT molecular complexity index is 1350.